The first kappa shape index (κ1) is 22.2. The average Bonchev–Trinajstić information content (AvgIpc) is 3.26. The van der Waals surface area contributed by atoms with Crippen molar-refractivity contribution in [3.05, 3.63) is 84.2 Å². The molecule has 1 N–H and O–H groups in total. The Hall–Kier alpha value is -3.65. The van der Waals surface area contributed by atoms with E-state index >= 15 is 0 Å². The molecule has 0 spiro atoms. The minimum atomic E-state index is -0.345. The van der Waals surface area contributed by atoms with E-state index in [4.69, 9.17) is 16.3 Å². The van der Waals surface area contributed by atoms with Crippen molar-refractivity contribution in [2.75, 3.05) is 25.0 Å². The number of halogens is 2. The second-order valence-corrected chi connectivity index (χ2v) is 8.66. The molecule has 34 heavy (non-hydrogen) atoms. The van der Waals surface area contributed by atoms with E-state index in [1.165, 1.54) is 12.3 Å². The normalized spacial score (nSPS) is 15.9. The van der Waals surface area contributed by atoms with Gasteiger partial charge in [-0.2, -0.15) is 0 Å². The molecule has 0 radical (unpaired) electrons. The van der Waals surface area contributed by atoms with E-state index in [1.54, 1.807) is 28.9 Å². The maximum atomic E-state index is 13.7. The number of pyridine rings is 1. The van der Waals surface area contributed by atoms with E-state index in [1.807, 2.05) is 24.3 Å². The second-order valence-electron chi connectivity index (χ2n) is 8.23. The number of hydrogen-bond donors (Lipinski definition) is 1. The van der Waals surface area contributed by atoms with Crippen LogP contribution < -0.4 is 10.1 Å². The van der Waals surface area contributed by atoms with Crippen LogP contribution in [-0.4, -0.2) is 50.0 Å². The van der Waals surface area contributed by atoms with Crippen LogP contribution in [0.2, 0.25) is 5.02 Å². The summed E-state index contributed by atoms with van der Waals surface area (Å²) in [5, 5.41) is 4.16. The first-order valence-corrected chi connectivity index (χ1v) is 11.5. The van der Waals surface area contributed by atoms with Crippen LogP contribution in [0, 0.1) is 5.82 Å². The number of nitrogens with one attached hydrogen (secondary N) is 1. The van der Waals surface area contributed by atoms with Crippen LogP contribution in [0.15, 0.2) is 73.3 Å². The van der Waals surface area contributed by atoms with E-state index in [0.717, 1.165) is 37.4 Å². The van der Waals surface area contributed by atoms with Gasteiger partial charge in [-0.25, -0.2) is 19.3 Å². The maximum Gasteiger partial charge on any atom is 0.180 e. The van der Waals surface area contributed by atoms with Gasteiger partial charge in [-0.05, 0) is 49.2 Å². The maximum absolute atomic E-state index is 13.7. The summed E-state index contributed by atoms with van der Waals surface area (Å²) >= 11 is 6.03. The lowest BCUT2D eigenvalue weighted by Crippen LogP contribution is -2.42. The summed E-state index contributed by atoms with van der Waals surface area (Å²) in [6.45, 7) is 6.33. The van der Waals surface area contributed by atoms with Crippen molar-refractivity contribution in [3.63, 3.8) is 0 Å². The number of ether oxygens (including phenoxy) is 1. The number of piperidine rings is 1. The number of benzene rings is 1. The highest BCUT2D eigenvalue weighted by molar-refractivity contribution is 6.30. The Bertz CT molecular complexity index is 1330. The topological polar surface area (TPSA) is 67.6 Å². The molecule has 4 heterocycles. The van der Waals surface area contributed by atoms with Crippen LogP contribution in [0.1, 0.15) is 12.8 Å². The number of rotatable bonds is 7. The van der Waals surface area contributed by atoms with Gasteiger partial charge < -0.3 is 15.0 Å². The summed E-state index contributed by atoms with van der Waals surface area (Å²) in [5.74, 6) is 1.57. The highest BCUT2D eigenvalue weighted by Crippen LogP contribution is 2.22. The van der Waals surface area contributed by atoms with Crippen LogP contribution >= 0.6 is 11.6 Å². The summed E-state index contributed by atoms with van der Waals surface area (Å²) in [4.78, 5) is 15.6. The molecule has 0 amide bonds. The molecule has 5 rings (SSSR count). The largest absolute Gasteiger partial charge is 0.487 e. The monoisotopic (exact) mass is 478 g/mol. The van der Waals surface area contributed by atoms with Crippen molar-refractivity contribution in [3.8, 4) is 17.3 Å². The molecule has 1 aliphatic heterocycles. The van der Waals surface area contributed by atoms with Gasteiger partial charge in [0, 0.05) is 42.2 Å². The third kappa shape index (κ3) is 4.97. The first-order chi connectivity index (χ1) is 16.5. The molecule has 3 aromatic heterocycles. The first-order valence-electron chi connectivity index (χ1n) is 11.1. The van der Waals surface area contributed by atoms with Crippen LogP contribution in [0.4, 0.5) is 10.2 Å². The van der Waals surface area contributed by atoms with Crippen LogP contribution in [-0.2, 0) is 0 Å². The molecule has 1 saturated heterocycles. The van der Waals surface area contributed by atoms with Crippen LogP contribution in [0.5, 0.6) is 5.75 Å². The zero-order valence-corrected chi connectivity index (χ0v) is 19.2. The summed E-state index contributed by atoms with van der Waals surface area (Å²) in [5.41, 5.74) is 2.19. The van der Waals surface area contributed by atoms with Crippen molar-refractivity contribution < 1.29 is 9.13 Å². The quantitative estimate of drug-likeness (QED) is 0.401. The van der Waals surface area contributed by atoms with Gasteiger partial charge in [-0.3, -0.25) is 4.40 Å². The van der Waals surface area contributed by atoms with Crippen LogP contribution in [0.3, 0.4) is 0 Å². The van der Waals surface area contributed by atoms with E-state index in [2.05, 4.69) is 31.7 Å². The molecule has 0 aliphatic carbocycles. The molecule has 4 aromatic rings. The molecule has 1 fully saturated rings. The lowest BCUT2D eigenvalue weighted by molar-refractivity contribution is 0.227. The number of likely N-dealkylation sites (tertiary alicyclic amines) is 1. The Labute approximate surface area is 201 Å². The zero-order valence-electron chi connectivity index (χ0n) is 18.5. The van der Waals surface area contributed by atoms with E-state index in [-0.39, 0.29) is 11.9 Å². The molecule has 0 saturated carbocycles. The van der Waals surface area contributed by atoms with Crippen molar-refractivity contribution in [2.45, 2.75) is 18.9 Å². The Balaban J connectivity index is 1.24. The highest BCUT2D eigenvalue weighted by atomic mass is 35.5. The van der Waals surface area contributed by atoms with Crippen molar-refractivity contribution in [2.24, 2.45) is 0 Å². The van der Waals surface area contributed by atoms with Gasteiger partial charge in [0.05, 0.1) is 6.20 Å². The average molecular weight is 479 g/mol. The van der Waals surface area contributed by atoms with Gasteiger partial charge >= 0.3 is 0 Å². The molecular formula is C25H24ClFN6O. The fourth-order valence-electron chi connectivity index (χ4n) is 4.09. The van der Waals surface area contributed by atoms with E-state index < -0.39 is 0 Å². The fraction of sp³-hybridized carbons (Fsp3) is 0.240. The van der Waals surface area contributed by atoms with E-state index in [0.29, 0.717) is 34.6 Å². The predicted octanol–water partition coefficient (Wildman–Crippen LogP) is 5.05. The number of aromatic nitrogens is 4. The number of hydrogen-bond acceptors (Lipinski definition) is 6. The summed E-state index contributed by atoms with van der Waals surface area (Å²) in [6, 6.07) is 12.4. The van der Waals surface area contributed by atoms with Gasteiger partial charge in [-0.15, -0.1) is 0 Å². The van der Waals surface area contributed by atoms with Crippen LogP contribution in [0.25, 0.3) is 17.2 Å². The molecule has 1 aliphatic rings. The molecule has 9 heteroatoms. The van der Waals surface area contributed by atoms with Crippen molar-refractivity contribution in [1.29, 1.82) is 0 Å². The Morgan fingerprint density at radius 3 is 3.03 bits per heavy atom. The lowest BCUT2D eigenvalue weighted by atomic mass is 10.1. The number of nitrogens with zero attached hydrogens (tertiary/aromatic N) is 5. The molecular weight excluding hydrogens is 455 g/mol. The SMILES string of the molecule is C=C(COc1cccc(Cl)c1)N1CCC[C@@H](Nc2ccnc(-c3cnc4ccc(F)cn34)n2)C1. The Kier molecular flexibility index (Phi) is 6.31. The highest BCUT2D eigenvalue weighted by Gasteiger charge is 2.22. The molecule has 174 valence electrons. The predicted molar refractivity (Wildman–Crippen MR) is 130 cm³/mol. The lowest BCUT2D eigenvalue weighted by Gasteiger charge is -2.36. The third-order valence-corrected chi connectivity index (χ3v) is 6.01. The zero-order chi connectivity index (χ0) is 23.5. The molecule has 0 unspecified atom stereocenters. The van der Waals surface area contributed by atoms with Crippen molar-refractivity contribution >= 4 is 23.1 Å². The summed E-state index contributed by atoms with van der Waals surface area (Å²) in [7, 11) is 0. The number of fused-ring (bicyclic) bond motifs is 1. The van der Waals surface area contributed by atoms with Gasteiger partial charge in [0.1, 0.15) is 35.3 Å². The smallest absolute Gasteiger partial charge is 0.180 e. The minimum Gasteiger partial charge on any atom is -0.487 e. The minimum absolute atomic E-state index is 0.194. The van der Waals surface area contributed by atoms with Gasteiger partial charge in [0.2, 0.25) is 0 Å². The molecule has 1 atom stereocenters. The standard InChI is InChI=1S/C25H24ClFN6O/c1-17(16-34-21-6-2-4-18(26)12-21)32-11-3-5-20(15-32)30-23-9-10-28-25(31-23)22-13-29-24-8-7-19(27)14-33(22)24/h2,4,6-10,12-14,20H,1,3,5,11,15-16H2,(H,28,30,31)/t20-/m1/s1. The second kappa shape index (κ2) is 9.69. The summed E-state index contributed by atoms with van der Waals surface area (Å²) in [6.07, 6.45) is 6.77. The summed E-state index contributed by atoms with van der Waals surface area (Å²) < 4.78 is 21.2. The number of imidazole rings is 1. The van der Waals surface area contributed by atoms with Gasteiger partial charge in [-0.1, -0.05) is 24.2 Å². The van der Waals surface area contributed by atoms with Gasteiger partial charge in [0.25, 0.3) is 0 Å². The Morgan fingerprint density at radius 1 is 1.24 bits per heavy atom. The number of anilines is 1. The molecule has 0 bridgehead atoms. The Morgan fingerprint density at radius 2 is 2.15 bits per heavy atom. The fourth-order valence-corrected chi connectivity index (χ4v) is 4.27. The van der Waals surface area contributed by atoms with Gasteiger partial charge in [0.15, 0.2) is 5.82 Å². The molecule has 1 aromatic carbocycles. The molecule has 7 nitrogen and oxygen atoms in total. The third-order valence-electron chi connectivity index (χ3n) is 5.78. The van der Waals surface area contributed by atoms with Crippen molar-refractivity contribution in [1.82, 2.24) is 24.3 Å². The van der Waals surface area contributed by atoms with E-state index in [9.17, 15) is 4.39 Å².